The maximum atomic E-state index is 11.0. The van der Waals surface area contributed by atoms with E-state index in [0.717, 1.165) is 0 Å². The van der Waals surface area contributed by atoms with Crippen molar-refractivity contribution in [2.45, 2.75) is 0 Å². The van der Waals surface area contributed by atoms with Crippen LogP contribution in [0.2, 0.25) is 0 Å². The molecule has 0 saturated carbocycles. The van der Waals surface area contributed by atoms with E-state index in [4.69, 9.17) is 4.74 Å². The van der Waals surface area contributed by atoms with E-state index in [0.29, 0.717) is 13.2 Å². The Labute approximate surface area is 64.1 Å². The summed E-state index contributed by atoms with van der Waals surface area (Å²) in [4.78, 5) is 22.9. The van der Waals surface area contributed by atoms with Crippen LogP contribution in [-0.2, 0) is 14.3 Å². The van der Waals surface area contributed by atoms with Gasteiger partial charge in [0.05, 0.1) is 6.61 Å². The summed E-state index contributed by atoms with van der Waals surface area (Å²) in [6.07, 6.45) is 0. The van der Waals surface area contributed by atoms with Crippen LogP contribution in [0, 0.1) is 0 Å². The normalized spacial score (nSPS) is 18.6. The first-order valence-corrected chi connectivity index (χ1v) is 3.40. The molecule has 0 aromatic heterocycles. The van der Waals surface area contributed by atoms with Crippen LogP contribution >= 0.6 is 0 Å². The lowest BCUT2D eigenvalue weighted by Crippen LogP contribution is -2.62. The molecule has 5 nitrogen and oxygen atoms in total. The Kier molecular flexibility index (Phi) is 2.56. The Bertz CT molecular complexity index is 181. The fourth-order valence-corrected chi connectivity index (χ4v) is 0.930. The van der Waals surface area contributed by atoms with Gasteiger partial charge in [0.2, 0.25) is 5.91 Å². The highest BCUT2D eigenvalue weighted by molar-refractivity contribution is 5.82. The van der Waals surface area contributed by atoms with E-state index in [9.17, 15) is 9.59 Å². The first-order valence-electron chi connectivity index (χ1n) is 3.40. The van der Waals surface area contributed by atoms with Crippen LogP contribution in [0.25, 0.3) is 0 Å². The predicted molar refractivity (Wildman–Crippen MR) is 35.3 cm³/mol. The number of rotatable bonds is 2. The van der Waals surface area contributed by atoms with Gasteiger partial charge in [0.25, 0.3) is 0 Å². The monoisotopic (exact) mass is 159 g/mol. The molecule has 1 rings (SSSR count). The van der Waals surface area contributed by atoms with E-state index < -0.39 is 0 Å². The number of morpholine rings is 1. The lowest BCUT2D eigenvalue weighted by Gasteiger charge is -2.24. The van der Waals surface area contributed by atoms with E-state index in [1.54, 1.807) is 0 Å². The van der Waals surface area contributed by atoms with Gasteiger partial charge in [-0.3, -0.25) is 10.5 Å². The van der Waals surface area contributed by atoms with Gasteiger partial charge in [0, 0.05) is 6.54 Å². The summed E-state index contributed by atoms with van der Waals surface area (Å²) in [5.41, 5.74) is 3.19. The highest BCUT2D eigenvalue weighted by Crippen LogP contribution is 1.96. The second-order valence-corrected chi connectivity index (χ2v) is 2.41. The third kappa shape index (κ3) is 2.28. The predicted octanol–water partition coefficient (Wildman–Crippen LogP) is -2.39. The molecule has 1 saturated heterocycles. The fourth-order valence-electron chi connectivity index (χ4n) is 0.930. The highest BCUT2D eigenvalue weighted by atomic mass is 16.5. The Morgan fingerprint density at radius 1 is 1.73 bits per heavy atom. The number of carbonyl (C=O) groups is 2. The van der Waals surface area contributed by atoms with Crippen LogP contribution < -0.4 is 5.73 Å². The van der Waals surface area contributed by atoms with Gasteiger partial charge in [-0.05, 0) is 0 Å². The van der Waals surface area contributed by atoms with Gasteiger partial charge >= 0.3 is 5.91 Å². The minimum Gasteiger partial charge on any atom is -0.370 e. The van der Waals surface area contributed by atoms with Crippen molar-refractivity contribution < 1.29 is 20.1 Å². The molecule has 0 unspecified atom stereocenters. The molecule has 3 N–H and O–H groups in total. The molecule has 2 amide bonds. The van der Waals surface area contributed by atoms with Gasteiger partial charge in [-0.2, -0.15) is 0 Å². The zero-order valence-electron chi connectivity index (χ0n) is 6.21. The van der Waals surface area contributed by atoms with Gasteiger partial charge in [0.1, 0.15) is 13.2 Å². The molecular formula is C6H11N2O3+. The number of amides is 2. The zero-order chi connectivity index (χ0) is 8.27. The number of carbonyl (C=O) groups excluding carboxylic acids is 2. The minimum atomic E-state index is -0.236. The molecule has 1 aliphatic rings. The Morgan fingerprint density at radius 2 is 2.45 bits per heavy atom. The Morgan fingerprint density at radius 3 is 3.00 bits per heavy atom. The molecule has 0 atom stereocenters. The average Bonchev–Trinajstić information content (AvgIpc) is 1.93. The molecule has 62 valence electrons. The first kappa shape index (κ1) is 8.16. The summed E-state index contributed by atoms with van der Waals surface area (Å²) in [5, 5.41) is 0. The largest absolute Gasteiger partial charge is 0.370 e. The van der Waals surface area contributed by atoms with Crippen LogP contribution in [0.1, 0.15) is 0 Å². The van der Waals surface area contributed by atoms with Gasteiger partial charge < -0.3 is 9.64 Å². The quantitative estimate of drug-likeness (QED) is 0.488. The van der Waals surface area contributed by atoms with E-state index in [1.165, 1.54) is 4.90 Å². The fraction of sp³-hybridized carbons (Fsp3) is 0.667. The summed E-state index contributed by atoms with van der Waals surface area (Å²) in [6, 6.07) is 0. The van der Waals surface area contributed by atoms with Gasteiger partial charge in [0.15, 0.2) is 0 Å². The van der Waals surface area contributed by atoms with Crippen LogP contribution in [0.4, 0.5) is 0 Å². The van der Waals surface area contributed by atoms with Crippen molar-refractivity contribution in [1.82, 2.24) is 4.90 Å². The molecular weight excluding hydrogens is 148 g/mol. The van der Waals surface area contributed by atoms with Gasteiger partial charge in [-0.1, -0.05) is 0 Å². The first-order chi connectivity index (χ1) is 5.20. The SMILES string of the molecule is [NH3+]C(=O)CN1CCOCC1=O. The molecule has 0 aromatic rings. The molecule has 0 radical (unpaired) electrons. The molecule has 0 spiro atoms. The van der Waals surface area contributed by atoms with Gasteiger partial charge in [-0.25, -0.2) is 4.79 Å². The number of hydrogen-bond donors (Lipinski definition) is 1. The van der Waals surface area contributed by atoms with E-state index in [2.05, 4.69) is 5.73 Å². The van der Waals surface area contributed by atoms with Crippen LogP contribution in [0.3, 0.4) is 0 Å². The summed E-state index contributed by atoms with van der Waals surface area (Å²) in [5.74, 6) is -0.367. The second kappa shape index (κ2) is 3.45. The highest BCUT2D eigenvalue weighted by Gasteiger charge is 2.20. The maximum Gasteiger partial charge on any atom is 0.328 e. The number of hydrogen-bond acceptors (Lipinski definition) is 3. The number of quaternary nitrogens is 1. The lowest BCUT2D eigenvalue weighted by atomic mass is 10.4. The summed E-state index contributed by atoms with van der Waals surface area (Å²) in [6.45, 7) is 1.22. The molecule has 1 heterocycles. The van der Waals surface area contributed by atoms with Crippen LogP contribution in [-0.4, -0.2) is 43.0 Å². The number of ether oxygens (including phenoxy) is 1. The smallest absolute Gasteiger partial charge is 0.328 e. The molecule has 0 bridgehead atoms. The van der Waals surface area contributed by atoms with Crippen LogP contribution in [0.5, 0.6) is 0 Å². The second-order valence-electron chi connectivity index (χ2n) is 2.41. The third-order valence-electron chi connectivity index (χ3n) is 1.45. The molecule has 0 aromatic carbocycles. The number of nitrogens with zero attached hydrogens (tertiary/aromatic N) is 1. The van der Waals surface area contributed by atoms with Crippen LogP contribution in [0.15, 0.2) is 0 Å². The minimum absolute atomic E-state index is 0.0906. The summed E-state index contributed by atoms with van der Waals surface area (Å²) >= 11 is 0. The standard InChI is InChI=1S/C6H10N2O3/c7-5(9)3-8-1-2-11-4-6(8)10/h1-4H2,(H2,7,9)/p+1. The summed E-state index contributed by atoms with van der Waals surface area (Å²) in [7, 11) is 0. The molecule has 1 aliphatic heterocycles. The van der Waals surface area contributed by atoms with E-state index in [-0.39, 0.29) is 25.0 Å². The van der Waals surface area contributed by atoms with Crippen molar-refractivity contribution >= 4 is 11.8 Å². The molecule has 0 aliphatic carbocycles. The van der Waals surface area contributed by atoms with Gasteiger partial charge in [-0.15, -0.1) is 0 Å². The molecule has 5 heteroatoms. The maximum absolute atomic E-state index is 11.0. The van der Waals surface area contributed by atoms with E-state index >= 15 is 0 Å². The van der Waals surface area contributed by atoms with Crippen molar-refractivity contribution in [2.24, 2.45) is 0 Å². The topological polar surface area (TPSA) is 74.2 Å². The Hall–Kier alpha value is -0.940. The van der Waals surface area contributed by atoms with Crippen molar-refractivity contribution in [3.63, 3.8) is 0 Å². The van der Waals surface area contributed by atoms with E-state index in [1.807, 2.05) is 0 Å². The molecule has 11 heavy (non-hydrogen) atoms. The van der Waals surface area contributed by atoms with Crippen molar-refractivity contribution in [3.8, 4) is 0 Å². The zero-order valence-corrected chi connectivity index (χ0v) is 6.21. The average molecular weight is 159 g/mol. The summed E-state index contributed by atoms with van der Waals surface area (Å²) < 4.78 is 4.87. The van der Waals surface area contributed by atoms with Crippen molar-refractivity contribution in [3.05, 3.63) is 0 Å². The Balaban J connectivity index is 2.42. The van der Waals surface area contributed by atoms with Crippen molar-refractivity contribution in [1.29, 1.82) is 0 Å². The van der Waals surface area contributed by atoms with Crippen molar-refractivity contribution in [2.75, 3.05) is 26.3 Å². The lowest BCUT2D eigenvalue weighted by molar-refractivity contribution is -0.306. The molecule has 1 fully saturated rings. The third-order valence-corrected chi connectivity index (χ3v) is 1.45.